The first-order valence-corrected chi connectivity index (χ1v) is 7.00. The van der Waals surface area contributed by atoms with Gasteiger partial charge in [0, 0.05) is 31.7 Å². The normalized spacial score (nSPS) is 14.8. The Morgan fingerprint density at radius 3 is 2.43 bits per heavy atom. The molecule has 1 aromatic carbocycles. The first-order chi connectivity index (χ1) is 10.2. The van der Waals surface area contributed by atoms with E-state index in [1.807, 2.05) is 0 Å². The maximum atomic E-state index is 12.4. The van der Waals surface area contributed by atoms with E-state index in [-0.39, 0.29) is 12.0 Å². The molecule has 0 saturated carbocycles. The highest BCUT2D eigenvalue weighted by Gasteiger charge is 2.25. The maximum absolute atomic E-state index is 12.4. The standard InChI is InChI=1S/C15H20N2O4/c1-3-21-15(19)17-9-7-16(8-10-17)14(18)12-5-4-6-13(11-12)20-2/h4-6,11H,3,7-10H2,1-2H3. The first-order valence-electron chi connectivity index (χ1n) is 7.00. The van der Waals surface area contributed by atoms with Crippen molar-refractivity contribution in [3.05, 3.63) is 29.8 Å². The summed E-state index contributed by atoms with van der Waals surface area (Å²) >= 11 is 0. The molecule has 0 radical (unpaired) electrons. The molecule has 0 spiro atoms. The Morgan fingerprint density at radius 1 is 1.14 bits per heavy atom. The van der Waals surface area contributed by atoms with Crippen LogP contribution >= 0.6 is 0 Å². The Kier molecular flexibility index (Phi) is 5.03. The van der Waals surface area contributed by atoms with Gasteiger partial charge in [0.1, 0.15) is 5.75 Å². The molecule has 21 heavy (non-hydrogen) atoms. The van der Waals surface area contributed by atoms with Crippen LogP contribution in [0.5, 0.6) is 5.75 Å². The van der Waals surface area contributed by atoms with Gasteiger partial charge in [-0.25, -0.2) is 4.79 Å². The highest BCUT2D eigenvalue weighted by molar-refractivity contribution is 5.94. The third-order valence-electron chi connectivity index (χ3n) is 3.41. The van der Waals surface area contributed by atoms with Gasteiger partial charge in [-0.1, -0.05) is 6.07 Å². The van der Waals surface area contributed by atoms with Crippen molar-refractivity contribution in [3.63, 3.8) is 0 Å². The summed E-state index contributed by atoms with van der Waals surface area (Å²) in [5.74, 6) is 0.614. The number of hydrogen-bond acceptors (Lipinski definition) is 4. The van der Waals surface area contributed by atoms with Crippen LogP contribution in [0.25, 0.3) is 0 Å². The molecule has 6 nitrogen and oxygen atoms in total. The first kappa shape index (κ1) is 15.2. The molecule has 0 unspecified atom stereocenters. The van der Waals surface area contributed by atoms with E-state index < -0.39 is 0 Å². The van der Waals surface area contributed by atoms with Crippen molar-refractivity contribution in [2.24, 2.45) is 0 Å². The predicted molar refractivity (Wildman–Crippen MR) is 77.5 cm³/mol. The molecule has 1 heterocycles. The van der Waals surface area contributed by atoms with Crippen LogP contribution in [0.3, 0.4) is 0 Å². The zero-order valence-electron chi connectivity index (χ0n) is 12.4. The lowest BCUT2D eigenvalue weighted by atomic mass is 10.1. The van der Waals surface area contributed by atoms with E-state index in [4.69, 9.17) is 9.47 Å². The number of methoxy groups -OCH3 is 1. The molecule has 0 N–H and O–H groups in total. The molecular weight excluding hydrogens is 272 g/mol. The van der Waals surface area contributed by atoms with E-state index in [1.165, 1.54) is 0 Å². The number of rotatable bonds is 3. The van der Waals surface area contributed by atoms with Crippen molar-refractivity contribution in [1.29, 1.82) is 0 Å². The lowest BCUT2D eigenvalue weighted by Gasteiger charge is -2.34. The monoisotopic (exact) mass is 292 g/mol. The van der Waals surface area contributed by atoms with Gasteiger partial charge in [0.05, 0.1) is 13.7 Å². The van der Waals surface area contributed by atoms with E-state index in [0.29, 0.717) is 44.1 Å². The van der Waals surface area contributed by atoms with Crippen molar-refractivity contribution >= 4 is 12.0 Å². The minimum Gasteiger partial charge on any atom is -0.497 e. The molecule has 1 aromatic rings. The van der Waals surface area contributed by atoms with Crippen molar-refractivity contribution in [1.82, 2.24) is 9.80 Å². The smallest absolute Gasteiger partial charge is 0.409 e. The van der Waals surface area contributed by atoms with E-state index >= 15 is 0 Å². The Morgan fingerprint density at radius 2 is 1.81 bits per heavy atom. The summed E-state index contributed by atoms with van der Waals surface area (Å²) in [6, 6.07) is 7.08. The van der Waals surface area contributed by atoms with Gasteiger partial charge in [-0.15, -0.1) is 0 Å². The fourth-order valence-electron chi connectivity index (χ4n) is 2.25. The number of nitrogens with zero attached hydrogens (tertiary/aromatic N) is 2. The molecule has 1 aliphatic rings. The summed E-state index contributed by atoms with van der Waals surface area (Å²) in [5, 5.41) is 0. The summed E-state index contributed by atoms with van der Waals surface area (Å²) in [4.78, 5) is 27.4. The largest absolute Gasteiger partial charge is 0.497 e. The molecule has 114 valence electrons. The molecule has 0 atom stereocenters. The Hall–Kier alpha value is -2.24. The Labute approximate surface area is 124 Å². The number of benzene rings is 1. The fourth-order valence-corrected chi connectivity index (χ4v) is 2.25. The number of carbonyl (C=O) groups is 2. The van der Waals surface area contributed by atoms with E-state index in [9.17, 15) is 9.59 Å². The second-order valence-electron chi connectivity index (χ2n) is 4.71. The van der Waals surface area contributed by atoms with E-state index in [2.05, 4.69) is 0 Å². The molecule has 0 aromatic heterocycles. The average molecular weight is 292 g/mol. The molecule has 1 saturated heterocycles. The summed E-state index contributed by atoms with van der Waals surface area (Å²) in [6.07, 6.45) is -0.314. The summed E-state index contributed by atoms with van der Waals surface area (Å²) in [6.45, 7) is 4.15. The molecule has 2 rings (SSSR count). The van der Waals surface area contributed by atoms with Gasteiger partial charge >= 0.3 is 6.09 Å². The lowest BCUT2D eigenvalue weighted by Crippen LogP contribution is -2.50. The van der Waals surface area contributed by atoms with Crippen LogP contribution in [0.4, 0.5) is 4.79 Å². The zero-order valence-corrected chi connectivity index (χ0v) is 12.4. The minimum atomic E-state index is -0.314. The number of amides is 2. The van der Waals surface area contributed by atoms with Crippen LogP contribution in [0.15, 0.2) is 24.3 Å². The summed E-state index contributed by atoms with van der Waals surface area (Å²) in [5.41, 5.74) is 0.596. The van der Waals surface area contributed by atoms with Gasteiger partial charge in [-0.2, -0.15) is 0 Å². The van der Waals surface area contributed by atoms with Crippen molar-refractivity contribution < 1.29 is 19.1 Å². The molecular formula is C15H20N2O4. The van der Waals surface area contributed by atoms with Crippen LogP contribution < -0.4 is 4.74 Å². The molecule has 6 heteroatoms. The third kappa shape index (κ3) is 3.65. The molecule has 0 aliphatic carbocycles. The molecule has 0 bridgehead atoms. The summed E-state index contributed by atoms with van der Waals surface area (Å²) < 4.78 is 10.1. The third-order valence-corrected chi connectivity index (χ3v) is 3.41. The number of hydrogen-bond donors (Lipinski definition) is 0. The minimum absolute atomic E-state index is 0.0441. The zero-order chi connectivity index (χ0) is 15.2. The summed E-state index contributed by atoms with van der Waals surface area (Å²) in [7, 11) is 1.57. The van der Waals surface area contributed by atoms with Crippen LogP contribution in [0.2, 0.25) is 0 Å². The van der Waals surface area contributed by atoms with Gasteiger partial charge in [0.2, 0.25) is 0 Å². The van der Waals surface area contributed by atoms with Gasteiger partial charge in [-0.05, 0) is 25.1 Å². The van der Waals surface area contributed by atoms with Crippen LogP contribution in [0.1, 0.15) is 17.3 Å². The Bertz CT molecular complexity index is 510. The maximum Gasteiger partial charge on any atom is 0.409 e. The fraction of sp³-hybridized carbons (Fsp3) is 0.467. The number of piperazine rings is 1. The van der Waals surface area contributed by atoms with Gasteiger partial charge in [-0.3, -0.25) is 4.79 Å². The second kappa shape index (κ2) is 6.97. The van der Waals surface area contributed by atoms with E-state index in [0.717, 1.165) is 0 Å². The SMILES string of the molecule is CCOC(=O)N1CCN(C(=O)c2cccc(OC)c2)CC1. The second-order valence-corrected chi connectivity index (χ2v) is 4.71. The molecule has 2 amide bonds. The van der Waals surface area contributed by atoms with Crippen LogP contribution in [-0.2, 0) is 4.74 Å². The van der Waals surface area contributed by atoms with Crippen LogP contribution in [-0.4, -0.2) is 61.7 Å². The number of ether oxygens (including phenoxy) is 2. The quantitative estimate of drug-likeness (QED) is 0.849. The van der Waals surface area contributed by atoms with Crippen molar-refractivity contribution in [3.8, 4) is 5.75 Å². The lowest BCUT2D eigenvalue weighted by molar-refractivity contribution is 0.0570. The van der Waals surface area contributed by atoms with Crippen LogP contribution in [0, 0.1) is 0 Å². The van der Waals surface area contributed by atoms with Gasteiger partial charge in [0.25, 0.3) is 5.91 Å². The number of carbonyl (C=O) groups excluding carboxylic acids is 2. The highest BCUT2D eigenvalue weighted by atomic mass is 16.6. The van der Waals surface area contributed by atoms with Crippen molar-refractivity contribution in [2.45, 2.75) is 6.92 Å². The van der Waals surface area contributed by atoms with E-state index in [1.54, 1.807) is 48.1 Å². The topological polar surface area (TPSA) is 59.1 Å². The predicted octanol–water partition coefficient (Wildman–Crippen LogP) is 1.61. The Balaban J connectivity index is 1.95. The van der Waals surface area contributed by atoms with Crippen molar-refractivity contribution in [2.75, 3.05) is 39.9 Å². The molecule has 1 aliphatic heterocycles. The highest BCUT2D eigenvalue weighted by Crippen LogP contribution is 2.15. The average Bonchev–Trinajstić information content (AvgIpc) is 2.54. The van der Waals surface area contributed by atoms with Gasteiger partial charge < -0.3 is 19.3 Å². The van der Waals surface area contributed by atoms with Gasteiger partial charge in [0.15, 0.2) is 0 Å². The molecule has 1 fully saturated rings.